The van der Waals surface area contributed by atoms with Gasteiger partial charge in [0.05, 0.1) is 7.11 Å². The Hall–Kier alpha value is -2.34. The SMILES string of the molecule is COc1cccc(CCN2CCN(C(=O)c3c(C(C)(C)C)noc3C)CC2)c1. The lowest BCUT2D eigenvalue weighted by Crippen LogP contribution is -2.49. The third-order valence-corrected chi connectivity index (χ3v) is 5.30. The van der Waals surface area contributed by atoms with Gasteiger partial charge in [0.2, 0.25) is 0 Å². The van der Waals surface area contributed by atoms with Crippen LogP contribution in [-0.4, -0.2) is 60.7 Å². The first-order chi connectivity index (χ1) is 13.3. The van der Waals surface area contributed by atoms with Crippen LogP contribution >= 0.6 is 0 Å². The van der Waals surface area contributed by atoms with Crippen LogP contribution in [0.1, 0.15) is 48.1 Å². The van der Waals surface area contributed by atoms with Gasteiger partial charge in [-0.1, -0.05) is 38.1 Å². The van der Waals surface area contributed by atoms with Gasteiger partial charge in [-0.3, -0.25) is 9.69 Å². The van der Waals surface area contributed by atoms with E-state index in [9.17, 15) is 4.79 Å². The normalized spacial score (nSPS) is 15.7. The van der Waals surface area contributed by atoms with E-state index < -0.39 is 0 Å². The molecule has 2 aromatic rings. The highest BCUT2D eigenvalue weighted by molar-refractivity contribution is 5.96. The van der Waals surface area contributed by atoms with Crippen molar-refractivity contribution < 1.29 is 14.1 Å². The van der Waals surface area contributed by atoms with Gasteiger partial charge in [-0.2, -0.15) is 0 Å². The lowest BCUT2D eigenvalue weighted by atomic mass is 9.88. The lowest BCUT2D eigenvalue weighted by Gasteiger charge is -2.35. The maximum atomic E-state index is 13.1. The highest BCUT2D eigenvalue weighted by atomic mass is 16.5. The Morgan fingerprint density at radius 2 is 1.93 bits per heavy atom. The molecule has 0 radical (unpaired) electrons. The van der Waals surface area contributed by atoms with Gasteiger partial charge in [-0.25, -0.2) is 0 Å². The Bertz CT molecular complexity index is 815. The van der Waals surface area contributed by atoms with Gasteiger partial charge < -0.3 is 14.2 Å². The molecule has 1 saturated heterocycles. The Morgan fingerprint density at radius 3 is 2.57 bits per heavy atom. The molecule has 28 heavy (non-hydrogen) atoms. The molecule has 6 nitrogen and oxygen atoms in total. The molecular formula is C22H31N3O3. The van der Waals surface area contributed by atoms with E-state index in [0.717, 1.165) is 50.6 Å². The molecule has 2 heterocycles. The van der Waals surface area contributed by atoms with Crippen molar-refractivity contribution in [2.75, 3.05) is 39.8 Å². The third-order valence-electron chi connectivity index (χ3n) is 5.30. The third kappa shape index (κ3) is 4.55. The van der Waals surface area contributed by atoms with Crippen LogP contribution < -0.4 is 4.74 Å². The zero-order valence-corrected chi connectivity index (χ0v) is 17.6. The Kier molecular flexibility index (Phi) is 6.08. The van der Waals surface area contributed by atoms with Crippen LogP contribution in [0.3, 0.4) is 0 Å². The highest BCUT2D eigenvalue weighted by Crippen LogP contribution is 2.28. The van der Waals surface area contributed by atoms with Crippen LogP contribution in [0.15, 0.2) is 28.8 Å². The predicted molar refractivity (Wildman–Crippen MR) is 109 cm³/mol. The minimum atomic E-state index is -0.221. The van der Waals surface area contributed by atoms with Crippen molar-refractivity contribution in [1.29, 1.82) is 0 Å². The standard InChI is InChI=1S/C22H31N3O3/c1-16-19(20(23-28-16)22(2,3)4)21(26)25-13-11-24(12-14-25)10-9-17-7-6-8-18(15-17)27-5/h6-8,15H,9-14H2,1-5H3. The fourth-order valence-corrected chi connectivity index (χ4v) is 3.58. The van der Waals surface area contributed by atoms with E-state index in [-0.39, 0.29) is 11.3 Å². The Labute approximate surface area is 167 Å². The summed E-state index contributed by atoms with van der Waals surface area (Å²) in [6.45, 7) is 12.2. The summed E-state index contributed by atoms with van der Waals surface area (Å²) in [5.74, 6) is 1.54. The molecule has 0 saturated carbocycles. The minimum Gasteiger partial charge on any atom is -0.497 e. The van der Waals surface area contributed by atoms with Crippen molar-refractivity contribution in [3.8, 4) is 5.75 Å². The molecule has 0 bridgehead atoms. The van der Waals surface area contributed by atoms with Crippen molar-refractivity contribution in [1.82, 2.24) is 15.0 Å². The number of benzene rings is 1. The average molecular weight is 386 g/mol. The number of rotatable bonds is 5. The average Bonchev–Trinajstić information content (AvgIpc) is 3.08. The molecular weight excluding hydrogens is 354 g/mol. The van der Waals surface area contributed by atoms with Gasteiger partial charge in [0.25, 0.3) is 5.91 Å². The van der Waals surface area contributed by atoms with Crippen LogP contribution in [0.4, 0.5) is 0 Å². The number of carbonyl (C=O) groups is 1. The van der Waals surface area contributed by atoms with E-state index in [4.69, 9.17) is 9.26 Å². The van der Waals surface area contributed by atoms with E-state index >= 15 is 0 Å². The number of amides is 1. The van der Waals surface area contributed by atoms with E-state index in [1.807, 2.05) is 24.0 Å². The Morgan fingerprint density at radius 1 is 1.21 bits per heavy atom. The first kappa shape index (κ1) is 20.4. The summed E-state index contributed by atoms with van der Waals surface area (Å²) < 4.78 is 10.6. The molecule has 6 heteroatoms. The van der Waals surface area contributed by atoms with Gasteiger partial charge in [0.15, 0.2) is 0 Å². The summed E-state index contributed by atoms with van der Waals surface area (Å²) in [5, 5.41) is 4.15. The van der Waals surface area contributed by atoms with E-state index in [1.54, 1.807) is 7.11 Å². The summed E-state index contributed by atoms with van der Waals surface area (Å²) in [4.78, 5) is 17.4. The van der Waals surface area contributed by atoms with Crippen LogP contribution in [-0.2, 0) is 11.8 Å². The molecule has 1 fully saturated rings. The van der Waals surface area contributed by atoms with Crippen molar-refractivity contribution in [3.05, 3.63) is 46.8 Å². The molecule has 152 valence electrons. The molecule has 1 amide bonds. The van der Waals surface area contributed by atoms with Crippen molar-refractivity contribution in [3.63, 3.8) is 0 Å². The number of ether oxygens (including phenoxy) is 1. The molecule has 0 atom stereocenters. The summed E-state index contributed by atoms with van der Waals surface area (Å²) in [6.07, 6.45) is 0.976. The minimum absolute atomic E-state index is 0.0381. The summed E-state index contributed by atoms with van der Waals surface area (Å²) in [5.41, 5.74) is 2.43. The topological polar surface area (TPSA) is 58.8 Å². The van der Waals surface area contributed by atoms with Crippen LogP contribution in [0, 0.1) is 6.92 Å². The smallest absolute Gasteiger partial charge is 0.259 e. The Balaban J connectivity index is 1.57. The number of piperazine rings is 1. The first-order valence-corrected chi connectivity index (χ1v) is 9.91. The number of methoxy groups -OCH3 is 1. The number of nitrogens with zero attached hydrogens (tertiary/aromatic N) is 3. The number of hydrogen-bond donors (Lipinski definition) is 0. The van der Waals surface area contributed by atoms with Crippen LogP contribution in [0.2, 0.25) is 0 Å². The molecule has 0 spiro atoms. The predicted octanol–water partition coefficient (Wildman–Crippen LogP) is 3.29. The van der Waals surface area contributed by atoms with Gasteiger partial charge in [-0.15, -0.1) is 0 Å². The molecule has 1 aromatic heterocycles. The molecule has 0 N–H and O–H groups in total. The van der Waals surface area contributed by atoms with E-state index in [1.165, 1.54) is 5.56 Å². The summed E-state index contributed by atoms with van der Waals surface area (Å²) in [6, 6.07) is 8.21. The molecule has 1 aromatic carbocycles. The van der Waals surface area contributed by atoms with E-state index in [2.05, 4.69) is 43.0 Å². The van der Waals surface area contributed by atoms with Gasteiger partial charge in [-0.05, 0) is 31.0 Å². The zero-order valence-electron chi connectivity index (χ0n) is 17.6. The molecule has 3 rings (SSSR count). The maximum Gasteiger partial charge on any atom is 0.259 e. The van der Waals surface area contributed by atoms with E-state index in [0.29, 0.717) is 11.3 Å². The fraction of sp³-hybridized carbons (Fsp3) is 0.545. The van der Waals surface area contributed by atoms with Gasteiger partial charge in [0.1, 0.15) is 22.8 Å². The number of aromatic nitrogens is 1. The maximum absolute atomic E-state index is 13.1. The number of carbonyl (C=O) groups excluding carboxylic acids is 1. The second-order valence-electron chi connectivity index (χ2n) is 8.45. The number of hydrogen-bond acceptors (Lipinski definition) is 5. The first-order valence-electron chi connectivity index (χ1n) is 9.91. The zero-order chi connectivity index (χ0) is 20.3. The second-order valence-corrected chi connectivity index (χ2v) is 8.45. The second kappa shape index (κ2) is 8.35. The van der Waals surface area contributed by atoms with Gasteiger partial charge >= 0.3 is 0 Å². The quantitative estimate of drug-likeness (QED) is 0.790. The monoisotopic (exact) mass is 385 g/mol. The molecule has 0 aliphatic carbocycles. The summed E-state index contributed by atoms with van der Waals surface area (Å²) >= 11 is 0. The van der Waals surface area contributed by atoms with Crippen molar-refractivity contribution >= 4 is 5.91 Å². The lowest BCUT2D eigenvalue weighted by molar-refractivity contribution is 0.0634. The molecule has 0 unspecified atom stereocenters. The molecule has 1 aliphatic heterocycles. The number of aryl methyl sites for hydroxylation is 1. The largest absolute Gasteiger partial charge is 0.497 e. The molecule has 1 aliphatic rings. The highest BCUT2D eigenvalue weighted by Gasteiger charge is 2.32. The van der Waals surface area contributed by atoms with Gasteiger partial charge in [0, 0.05) is 38.1 Å². The van der Waals surface area contributed by atoms with Crippen LogP contribution in [0.25, 0.3) is 0 Å². The van der Waals surface area contributed by atoms with Crippen LogP contribution in [0.5, 0.6) is 5.75 Å². The van der Waals surface area contributed by atoms with Crippen molar-refractivity contribution in [2.24, 2.45) is 0 Å². The fourth-order valence-electron chi connectivity index (χ4n) is 3.58. The van der Waals surface area contributed by atoms with Crippen molar-refractivity contribution in [2.45, 2.75) is 39.5 Å². The summed E-state index contributed by atoms with van der Waals surface area (Å²) in [7, 11) is 1.69.